The summed E-state index contributed by atoms with van der Waals surface area (Å²) >= 11 is 0. The normalized spacial score (nSPS) is 14.6. The van der Waals surface area contributed by atoms with Crippen LogP contribution in [0.3, 0.4) is 0 Å². The summed E-state index contributed by atoms with van der Waals surface area (Å²) in [6.07, 6.45) is 6.28. The predicted octanol–water partition coefficient (Wildman–Crippen LogP) is 1.70. The molecule has 4 nitrogen and oxygen atoms in total. The first kappa shape index (κ1) is 11.2. The highest BCUT2D eigenvalue weighted by atomic mass is 16.2. The van der Waals surface area contributed by atoms with Crippen LogP contribution in [0.2, 0.25) is 0 Å². The minimum absolute atomic E-state index is 0.0451. The first-order valence-electron chi connectivity index (χ1n) is 6.04. The summed E-state index contributed by atoms with van der Waals surface area (Å²) in [5, 5.41) is 0. The van der Waals surface area contributed by atoms with Gasteiger partial charge in [0.25, 0.3) is 5.91 Å². The molecule has 2 heterocycles. The number of nitrogens with zero attached hydrogens (tertiary/aromatic N) is 3. The molecule has 0 fully saturated rings. The lowest BCUT2D eigenvalue weighted by Gasteiger charge is -2.13. The van der Waals surface area contributed by atoms with Gasteiger partial charge in [0.05, 0.1) is 0 Å². The van der Waals surface area contributed by atoms with Crippen LogP contribution < -0.4 is 0 Å². The number of imidazole rings is 1. The average molecular weight is 221 g/mol. The summed E-state index contributed by atoms with van der Waals surface area (Å²) in [7, 11) is 1.84. The van der Waals surface area contributed by atoms with E-state index in [0.717, 1.165) is 31.8 Å². The molecule has 1 aromatic heterocycles. The van der Waals surface area contributed by atoms with Gasteiger partial charge in [-0.3, -0.25) is 4.79 Å². The van der Waals surface area contributed by atoms with Crippen molar-refractivity contribution in [1.82, 2.24) is 14.5 Å². The number of aromatic nitrogens is 2. The zero-order valence-corrected chi connectivity index (χ0v) is 10.1. The molecular weight excluding hydrogens is 202 g/mol. The van der Waals surface area contributed by atoms with Crippen LogP contribution in [0, 0.1) is 0 Å². The van der Waals surface area contributed by atoms with E-state index in [4.69, 9.17) is 0 Å². The predicted molar refractivity (Wildman–Crippen MR) is 62.4 cm³/mol. The zero-order valence-electron chi connectivity index (χ0n) is 10.1. The Balaban J connectivity index is 2.14. The third-order valence-corrected chi connectivity index (χ3v) is 3.03. The highest BCUT2D eigenvalue weighted by Crippen LogP contribution is 2.15. The fraction of sp³-hybridized carbons (Fsp3) is 0.667. The fourth-order valence-electron chi connectivity index (χ4n) is 2.15. The van der Waals surface area contributed by atoms with Crippen LogP contribution in [-0.4, -0.2) is 34.0 Å². The molecule has 0 atom stereocenters. The fourth-order valence-corrected chi connectivity index (χ4v) is 2.15. The van der Waals surface area contributed by atoms with Gasteiger partial charge in [0, 0.05) is 32.8 Å². The van der Waals surface area contributed by atoms with Crippen LogP contribution in [0.25, 0.3) is 0 Å². The zero-order chi connectivity index (χ0) is 11.5. The summed E-state index contributed by atoms with van der Waals surface area (Å²) in [6, 6.07) is 0. The van der Waals surface area contributed by atoms with E-state index in [2.05, 4.69) is 16.5 Å². The van der Waals surface area contributed by atoms with E-state index in [9.17, 15) is 4.79 Å². The molecule has 0 radical (unpaired) electrons. The minimum atomic E-state index is 0.0451. The van der Waals surface area contributed by atoms with Crippen molar-refractivity contribution in [2.75, 3.05) is 13.6 Å². The molecule has 16 heavy (non-hydrogen) atoms. The lowest BCUT2D eigenvalue weighted by atomic mass is 10.2. The third-order valence-electron chi connectivity index (χ3n) is 3.03. The van der Waals surface area contributed by atoms with Gasteiger partial charge < -0.3 is 9.47 Å². The van der Waals surface area contributed by atoms with Gasteiger partial charge in [-0.15, -0.1) is 0 Å². The van der Waals surface area contributed by atoms with Gasteiger partial charge in [-0.05, 0) is 19.3 Å². The van der Waals surface area contributed by atoms with Crippen LogP contribution in [0.4, 0.5) is 0 Å². The van der Waals surface area contributed by atoms with Crippen molar-refractivity contribution in [2.45, 2.75) is 39.2 Å². The minimum Gasteiger partial charge on any atom is -0.340 e. The number of hydrogen-bond acceptors (Lipinski definition) is 2. The van der Waals surface area contributed by atoms with Gasteiger partial charge in [-0.25, -0.2) is 4.98 Å². The molecule has 0 aromatic carbocycles. The summed E-state index contributed by atoms with van der Waals surface area (Å²) in [5.41, 5.74) is 0.604. The Kier molecular flexibility index (Phi) is 3.27. The van der Waals surface area contributed by atoms with E-state index in [0.29, 0.717) is 5.69 Å². The maximum atomic E-state index is 12.0. The Hall–Kier alpha value is -1.32. The summed E-state index contributed by atoms with van der Waals surface area (Å²) in [6.45, 7) is 3.87. The first-order chi connectivity index (χ1) is 7.72. The monoisotopic (exact) mass is 221 g/mol. The maximum absolute atomic E-state index is 12.0. The van der Waals surface area contributed by atoms with Crippen molar-refractivity contribution in [1.29, 1.82) is 0 Å². The van der Waals surface area contributed by atoms with Gasteiger partial charge in [0.2, 0.25) is 0 Å². The molecule has 1 aliphatic heterocycles. The highest BCUT2D eigenvalue weighted by Gasteiger charge is 2.18. The second-order valence-corrected chi connectivity index (χ2v) is 4.42. The molecule has 88 valence electrons. The molecule has 0 N–H and O–H groups in total. The largest absolute Gasteiger partial charge is 0.340 e. The van der Waals surface area contributed by atoms with Crippen molar-refractivity contribution in [3.8, 4) is 0 Å². The molecule has 0 saturated carbocycles. The van der Waals surface area contributed by atoms with Crippen LogP contribution in [0.1, 0.15) is 42.5 Å². The Morgan fingerprint density at radius 2 is 2.38 bits per heavy atom. The van der Waals surface area contributed by atoms with Crippen LogP contribution >= 0.6 is 0 Å². The van der Waals surface area contributed by atoms with Crippen LogP contribution in [0.5, 0.6) is 0 Å². The number of fused-ring (bicyclic) bond motifs is 1. The van der Waals surface area contributed by atoms with Crippen molar-refractivity contribution >= 4 is 5.91 Å². The van der Waals surface area contributed by atoms with Crippen molar-refractivity contribution in [3.63, 3.8) is 0 Å². The molecule has 4 heteroatoms. The molecule has 1 aromatic rings. The molecule has 0 bridgehead atoms. The number of rotatable bonds is 3. The van der Waals surface area contributed by atoms with Gasteiger partial charge in [-0.1, -0.05) is 6.92 Å². The van der Waals surface area contributed by atoms with Crippen LogP contribution in [0.15, 0.2) is 6.20 Å². The van der Waals surface area contributed by atoms with Crippen molar-refractivity contribution in [3.05, 3.63) is 17.7 Å². The molecule has 0 saturated heterocycles. The number of aryl methyl sites for hydroxylation is 2. The van der Waals surface area contributed by atoms with Gasteiger partial charge >= 0.3 is 0 Å². The van der Waals surface area contributed by atoms with E-state index >= 15 is 0 Å². The van der Waals surface area contributed by atoms with Crippen LogP contribution in [-0.2, 0) is 13.0 Å². The second kappa shape index (κ2) is 4.68. The molecule has 1 aliphatic rings. The summed E-state index contributed by atoms with van der Waals surface area (Å²) < 4.78 is 2.12. The lowest BCUT2D eigenvalue weighted by molar-refractivity contribution is 0.0789. The Morgan fingerprint density at radius 1 is 1.56 bits per heavy atom. The second-order valence-electron chi connectivity index (χ2n) is 4.42. The maximum Gasteiger partial charge on any atom is 0.273 e. The molecular formula is C12H19N3O. The first-order valence-corrected chi connectivity index (χ1v) is 6.04. The number of carbonyl (C=O) groups is 1. The topological polar surface area (TPSA) is 38.1 Å². The Bertz CT molecular complexity index is 360. The number of carbonyl (C=O) groups excluding carboxylic acids is 1. The molecule has 0 unspecified atom stereocenters. The number of amides is 1. The van der Waals surface area contributed by atoms with Gasteiger partial charge in [-0.2, -0.15) is 0 Å². The molecule has 0 aliphatic carbocycles. The standard InChI is InChI=1S/C12H19N3O/c1-3-7-14(2)12(16)10-9-15-8-5-4-6-11(15)13-10/h9H,3-8H2,1-2H3. The quantitative estimate of drug-likeness (QED) is 0.779. The summed E-state index contributed by atoms with van der Waals surface area (Å²) in [4.78, 5) is 18.2. The smallest absolute Gasteiger partial charge is 0.273 e. The Morgan fingerprint density at radius 3 is 3.06 bits per heavy atom. The van der Waals surface area contributed by atoms with Crippen molar-refractivity contribution < 1.29 is 4.79 Å². The Labute approximate surface area is 96.3 Å². The van der Waals surface area contributed by atoms with Gasteiger partial charge in [0.15, 0.2) is 0 Å². The average Bonchev–Trinajstić information content (AvgIpc) is 2.71. The van der Waals surface area contributed by atoms with E-state index in [1.54, 1.807) is 4.90 Å². The lowest BCUT2D eigenvalue weighted by Crippen LogP contribution is -2.27. The van der Waals surface area contributed by atoms with E-state index in [1.165, 1.54) is 12.8 Å². The van der Waals surface area contributed by atoms with E-state index in [1.807, 2.05) is 13.2 Å². The SMILES string of the molecule is CCCN(C)C(=O)c1cn2c(n1)CCCC2. The number of hydrogen-bond donors (Lipinski definition) is 0. The molecule has 2 rings (SSSR count). The molecule has 1 amide bonds. The highest BCUT2D eigenvalue weighted by molar-refractivity contribution is 5.92. The van der Waals surface area contributed by atoms with Gasteiger partial charge in [0.1, 0.15) is 11.5 Å². The van der Waals surface area contributed by atoms with E-state index < -0.39 is 0 Å². The summed E-state index contributed by atoms with van der Waals surface area (Å²) in [5.74, 6) is 1.11. The molecule has 0 spiro atoms. The third kappa shape index (κ3) is 2.10. The van der Waals surface area contributed by atoms with E-state index in [-0.39, 0.29) is 5.91 Å². The van der Waals surface area contributed by atoms with Crippen molar-refractivity contribution in [2.24, 2.45) is 0 Å².